The van der Waals surface area contributed by atoms with Crippen LogP contribution in [0.4, 0.5) is 5.69 Å². The molecule has 2 aliphatic heterocycles. The van der Waals surface area contributed by atoms with Crippen LogP contribution in [0.1, 0.15) is 89.2 Å². The topological polar surface area (TPSA) is 209 Å². The van der Waals surface area contributed by atoms with Crippen LogP contribution in [0.2, 0.25) is 0 Å². The molecule has 2 aromatic carbocycles. The number of hydrogen-bond acceptors (Lipinski definition) is 11. The molecule has 0 radical (unpaired) electrons. The summed E-state index contributed by atoms with van der Waals surface area (Å²) in [6.07, 6.45) is 8.81. The number of phenols is 1. The van der Waals surface area contributed by atoms with Crippen molar-refractivity contribution in [2.45, 2.75) is 103 Å². The van der Waals surface area contributed by atoms with Gasteiger partial charge in [-0.15, -0.1) is 0 Å². The van der Waals surface area contributed by atoms with Gasteiger partial charge in [0.2, 0.25) is 11.8 Å². The SMILES string of the molecule is C=C1C=C[C@@]2(C)C(=C1)CC[C@@H]1[C@@H]2[C@@H](O)C[C@@]2(C)[C@H]1C[C@H]1OC(c3ccc(Cc4cccc(NC(=O)[C@H](C)CC(=O)[C@H](C)NC(=O)CCN5C(=O)C=CC5=O)c4)c(O)c3)O[C@]12C(=O)CO. The molecule has 4 fully saturated rings. The van der Waals surface area contributed by atoms with E-state index in [0.29, 0.717) is 36.1 Å². The minimum Gasteiger partial charge on any atom is -0.508 e. The second kappa shape index (κ2) is 17.1. The van der Waals surface area contributed by atoms with Crippen molar-refractivity contribution in [2.24, 2.45) is 34.5 Å². The maximum absolute atomic E-state index is 14.0. The van der Waals surface area contributed by atoms with Gasteiger partial charge < -0.3 is 35.4 Å². The van der Waals surface area contributed by atoms with E-state index in [2.05, 4.69) is 36.3 Å². The van der Waals surface area contributed by atoms with Crippen molar-refractivity contribution in [3.63, 3.8) is 0 Å². The number of aliphatic hydroxyl groups is 2. The van der Waals surface area contributed by atoms with Gasteiger partial charge >= 0.3 is 0 Å². The molecule has 1 saturated heterocycles. The number of imide groups is 1. The van der Waals surface area contributed by atoms with Gasteiger partial charge in [0.1, 0.15) is 12.4 Å². The van der Waals surface area contributed by atoms with Gasteiger partial charge in [-0.1, -0.05) is 75.4 Å². The number of amides is 4. The van der Waals surface area contributed by atoms with Gasteiger partial charge in [0.25, 0.3) is 11.8 Å². The summed E-state index contributed by atoms with van der Waals surface area (Å²) in [6, 6.07) is 11.3. The predicted octanol–water partition coefficient (Wildman–Crippen LogP) is 4.93. The van der Waals surface area contributed by atoms with Gasteiger partial charge in [0.15, 0.2) is 23.5 Å². The molecule has 0 aromatic heterocycles. The fraction of sp³-hybridized carbons (Fsp3) is 0.480. The van der Waals surface area contributed by atoms with Gasteiger partial charge in [-0.3, -0.25) is 33.7 Å². The molecule has 2 heterocycles. The Morgan fingerprint density at radius 2 is 1.78 bits per heavy atom. The number of allylic oxidation sites excluding steroid dienone is 5. The van der Waals surface area contributed by atoms with Gasteiger partial charge in [-0.25, -0.2) is 0 Å². The minimum atomic E-state index is -1.49. The maximum atomic E-state index is 14.0. The Kier molecular flexibility index (Phi) is 12.0. The molecule has 3 saturated carbocycles. The molecule has 4 amide bonds. The molecule has 64 heavy (non-hydrogen) atoms. The zero-order valence-electron chi connectivity index (χ0n) is 36.7. The monoisotopic (exact) mass is 875 g/mol. The number of benzene rings is 2. The number of aromatic hydroxyl groups is 1. The number of hydrogen-bond donors (Lipinski definition) is 5. The summed E-state index contributed by atoms with van der Waals surface area (Å²) < 4.78 is 13.3. The number of aliphatic hydroxyl groups excluding tert-OH is 2. The number of ether oxygens (including phenoxy) is 2. The molecule has 4 aliphatic carbocycles. The van der Waals surface area contributed by atoms with E-state index < -0.39 is 77.5 Å². The Bertz CT molecular complexity index is 2390. The Hall–Kier alpha value is -5.54. The van der Waals surface area contributed by atoms with Crippen molar-refractivity contribution in [2.75, 3.05) is 18.5 Å². The molecule has 8 rings (SSSR count). The van der Waals surface area contributed by atoms with Crippen LogP contribution in [0.25, 0.3) is 0 Å². The lowest BCUT2D eigenvalue weighted by molar-refractivity contribution is -0.201. The third-order valence-electron chi connectivity index (χ3n) is 15.1. The van der Waals surface area contributed by atoms with Crippen molar-refractivity contribution in [3.05, 3.63) is 107 Å². The average Bonchev–Trinajstić information content (AvgIpc) is 3.88. The normalized spacial score (nSPS) is 32.2. The summed E-state index contributed by atoms with van der Waals surface area (Å²) in [6.45, 7) is 10.6. The zero-order valence-corrected chi connectivity index (χ0v) is 36.7. The number of phenolic OH excluding ortho intramolecular Hbond substituents is 1. The summed E-state index contributed by atoms with van der Waals surface area (Å²) in [7, 11) is 0. The van der Waals surface area contributed by atoms with Crippen LogP contribution in [0.5, 0.6) is 5.75 Å². The van der Waals surface area contributed by atoms with Crippen LogP contribution in [0, 0.1) is 34.5 Å². The number of fused-ring (bicyclic) bond motifs is 7. The Morgan fingerprint density at radius 1 is 1.03 bits per heavy atom. The lowest BCUT2D eigenvalue weighted by Crippen LogP contribution is -2.63. The highest BCUT2D eigenvalue weighted by molar-refractivity contribution is 6.13. The third kappa shape index (κ3) is 7.77. The standard InChI is InChI=1S/C50H57N3O11/c1-27-15-17-48(4)33(19-27)11-12-35-36-24-41-50(40(58)26-54,49(36,5)25-39(57)45(35)48)64-47(63-41)32-10-9-31(38(56)23-32)21-30-7-6-8-34(22-30)52-46(62)28(2)20-37(55)29(3)51-42(59)16-18-53-43(60)13-14-44(53)61/h6-10,13-15,17,19,22-23,28-29,35-36,39,41,45,47,54,56-57H,1,11-12,16,18,20-21,24-26H2,2-5H3,(H,51,59)(H,52,62)/t28-,29+,35+,36+,39+,41-,45-,47?,48+,49+,50-/m1/s1. The predicted molar refractivity (Wildman–Crippen MR) is 234 cm³/mol. The Morgan fingerprint density at radius 3 is 2.50 bits per heavy atom. The molecule has 14 heteroatoms. The molecule has 2 aromatic rings. The van der Waals surface area contributed by atoms with Crippen molar-refractivity contribution >= 4 is 40.9 Å². The molecule has 338 valence electrons. The summed E-state index contributed by atoms with van der Waals surface area (Å²) >= 11 is 0. The Labute approximate surface area is 372 Å². The summed E-state index contributed by atoms with van der Waals surface area (Å²) in [5.74, 6) is -3.42. The van der Waals surface area contributed by atoms with Crippen molar-refractivity contribution < 1.29 is 53.6 Å². The largest absolute Gasteiger partial charge is 0.508 e. The smallest absolute Gasteiger partial charge is 0.253 e. The van der Waals surface area contributed by atoms with Crippen LogP contribution < -0.4 is 10.6 Å². The molecule has 1 unspecified atom stereocenters. The van der Waals surface area contributed by atoms with Crippen molar-refractivity contribution in [1.29, 1.82) is 0 Å². The summed E-state index contributed by atoms with van der Waals surface area (Å²) in [4.78, 5) is 76.9. The summed E-state index contributed by atoms with van der Waals surface area (Å²) in [5, 5.41) is 39.1. The quantitative estimate of drug-likeness (QED) is 0.161. The average molecular weight is 876 g/mol. The van der Waals surface area contributed by atoms with E-state index in [4.69, 9.17) is 9.47 Å². The van der Waals surface area contributed by atoms with E-state index >= 15 is 0 Å². The van der Waals surface area contributed by atoms with E-state index in [1.165, 1.54) is 12.5 Å². The number of Topliss-reactive ketones (excluding diaryl/α,β-unsaturated/α-hetero) is 2. The number of ketones is 2. The van der Waals surface area contributed by atoms with Gasteiger partial charge in [0.05, 0.1) is 18.2 Å². The van der Waals surface area contributed by atoms with E-state index in [-0.39, 0.29) is 54.1 Å². The Balaban J connectivity index is 0.887. The van der Waals surface area contributed by atoms with Crippen molar-refractivity contribution in [1.82, 2.24) is 10.2 Å². The van der Waals surface area contributed by atoms with E-state index in [0.717, 1.165) is 41.0 Å². The second-order valence-corrected chi connectivity index (χ2v) is 19.0. The molecule has 0 bridgehead atoms. The van der Waals surface area contributed by atoms with Crippen LogP contribution >= 0.6 is 0 Å². The first-order valence-corrected chi connectivity index (χ1v) is 22.2. The molecule has 14 nitrogen and oxygen atoms in total. The zero-order chi connectivity index (χ0) is 45.9. The minimum absolute atomic E-state index is 0.00293. The third-order valence-corrected chi connectivity index (χ3v) is 15.1. The van der Waals surface area contributed by atoms with E-state index in [1.54, 1.807) is 43.3 Å². The van der Waals surface area contributed by atoms with Crippen LogP contribution in [-0.4, -0.2) is 92.4 Å². The van der Waals surface area contributed by atoms with Crippen LogP contribution in [-0.2, 0) is 44.7 Å². The highest BCUT2D eigenvalue weighted by atomic mass is 16.7. The van der Waals surface area contributed by atoms with Gasteiger partial charge in [-0.05, 0) is 79.3 Å². The number of anilines is 1. The molecular weight excluding hydrogens is 819 g/mol. The summed E-state index contributed by atoms with van der Waals surface area (Å²) in [5.41, 5.74) is 1.95. The fourth-order valence-corrected chi connectivity index (χ4v) is 11.9. The first-order valence-electron chi connectivity index (χ1n) is 22.2. The second-order valence-electron chi connectivity index (χ2n) is 19.0. The molecule has 0 spiro atoms. The molecule has 6 aliphatic rings. The van der Waals surface area contributed by atoms with Gasteiger partial charge in [-0.2, -0.15) is 0 Å². The fourth-order valence-electron chi connectivity index (χ4n) is 11.9. The number of nitrogens with one attached hydrogen (secondary N) is 2. The number of rotatable bonds is 14. The highest BCUT2D eigenvalue weighted by Gasteiger charge is 2.76. The van der Waals surface area contributed by atoms with Crippen molar-refractivity contribution in [3.8, 4) is 5.75 Å². The first kappa shape index (κ1) is 45.0. The maximum Gasteiger partial charge on any atom is 0.253 e. The number of nitrogens with zero attached hydrogens (tertiary/aromatic N) is 1. The molecule has 11 atom stereocenters. The van der Waals surface area contributed by atoms with Crippen LogP contribution in [0.3, 0.4) is 0 Å². The lowest BCUT2D eigenvalue weighted by atomic mass is 9.46. The number of carbonyl (C=O) groups excluding carboxylic acids is 6. The molecular formula is C50H57N3O11. The first-order chi connectivity index (χ1) is 30.4. The van der Waals surface area contributed by atoms with E-state index in [9.17, 15) is 44.1 Å². The van der Waals surface area contributed by atoms with Gasteiger partial charge in [0, 0.05) is 71.9 Å². The van der Waals surface area contributed by atoms with Crippen LogP contribution in [0.15, 0.2) is 90.6 Å². The lowest BCUT2D eigenvalue weighted by Gasteiger charge is -2.59. The molecule has 5 N–H and O–H groups in total. The van der Waals surface area contributed by atoms with E-state index in [1.807, 2.05) is 19.1 Å². The number of carbonyl (C=O) groups is 6. The highest BCUT2D eigenvalue weighted by Crippen LogP contribution is 2.70.